The Hall–Kier alpha value is -1.39. The number of carbonyl (C=O) groups is 3. The number of hydrogen-bond acceptors (Lipinski definition) is 5. The van der Waals surface area contributed by atoms with Gasteiger partial charge in [-0.2, -0.15) is 0 Å². The average molecular weight is 240 g/mol. The number of carbonyl (C=O) groups excluding carboxylic acids is 3. The van der Waals surface area contributed by atoms with Crippen LogP contribution in [0.4, 0.5) is 0 Å². The van der Waals surface area contributed by atoms with Crippen LogP contribution < -0.4 is 0 Å². The van der Waals surface area contributed by atoms with Crippen molar-refractivity contribution in [3.05, 3.63) is 0 Å². The highest BCUT2D eigenvalue weighted by Crippen LogP contribution is 2.66. The van der Waals surface area contributed by atoms with Gasteiger partial charge in [0.15, 0.2) is 5.41 Å². The molecule has 94 valence electrons. The van der Waals surface area contributed by atoms with Crippen LogP contribution >= 0.6 is 0 Å². The summed E-state index contributed by atoms with van der Waals surface area (Å²) >= 11 is 0. The van der Waals surface area contributed by atoms with E-state index in [1.54, 1.807) is 20.8 Å². The van der Waals surface area contributed by atoms with Crippen LogP contribution in [0.1, 0.15) is 33.6 Å². The van der Waals surface area contributed by atoms with Crippen molar-refractivity contribution in [3.8, 4) is 0 Å². The minimum atomic E-state index is -1.34. The maximum Gasteiger partial charge on any atom is 0.331 e. The fourth-order valence-electron chi connectivity index (χ4n) is 3.15. The standard InChI is InChI=1S/C12H16O5/c1-10(2)11(3)5-6-12(10,8(14)16-4)9(15)17-7(11)13/h5-6H2,1-4H3. The van der Waals surface area contributed by atoms with Crippen molar-refractivity contribution in [2.24, 2.45) is 16.2 Å². The second-order valence-corrected chi connectivity index (χ2v) is 5.53. The Balaban J connectivity index is 2.64. The van der Waals surface area contributed by atoms with Crippen molar-refractivity contribution in [2.45, 2.75) is 33.6 Å². The zero-order valence-electron chi connectivity index (χ0n) is 10.5. The molecule has 2 unspecified atom stereocenters. The van der Waals surface area contributed by atoms with Crippen LogP contribution in [0.2, 0.25) is 0 Å². The van der Waals surface area contributed by atoms with Crippen molar-refractivity contribution in [3.63, 3.8) is 0 Å². The van der Waals surface area contributed by atoms with Crippen molar-refractivity contribution >= 4 is 17.9 Å². The largest absolute Gasteiger partial charge is 0.468 e. The van der Waals surface area contributed by atoms with Crippen LogP contribution in [-0.4, -0.2) is 25.0 Å². The van der Waals surface area contributed by atoms with Gasteiger partial charge in [0.2, 0.25) is 0 Å². The number of rotatable bonds is 1. The minimum absolute atomic E-state index is 0.299. The van der Waals surface area contributed by atoms with E-state index in [4.69, 9.17) is 9.47 Å². The van der Waals surface area contributed by atoms with E-state index in [0.717, 1.165) is 0 Å². The molecule has 2 atom stereocenters. The van der Waals surface area contributed by atoms with Gasteiger partial charge in [0.05, 0.1) is 12.5 Å². The van der Waals surface area contributed by atoms with E-state index in [-0.39, 0.29) is 0 Å². The molecule has 0 radical (unpaired) electrons. The third kappa shape index (κ3) is 1.02. The monoisotopic (exact) mass is 240 g/mol. The maximum absolute atomic E-state index is 12.0. The second-order valence-electron chi connectivity index (χ2n) is 5.53. The van der Waals surface area contributed by atoms with E-state index in [0.29, 0.717) is 12.8 Å². The summed E-state index contributed by atoms with van der Waals surface area (Å²) in [5.74, 6) is -1.91. The Morgan fingerprint density at radius 1 is 1.18 bits per heavy atom. The highest BCUT2D eigenvalue weighted by atomic mass is 16.6. The molecular weight excluding hydrogens is 224 g/mol. The molecule has 0 aromatic carbocycles. The third-order valence-electron chi connectivity index (χ3n) is 4.96. The molecule has 2 bridgehead atoms. The number of cyclic esters (lactones) is 2. The molecule has 1 heterocycles. The average Bonchev–Trinajstić information content (AvgIpc) is 2.40. The van der Waals surface area contributed by atoms with Crippen LogP contribution in [0, 0.1) is 16.2 Å². The van der Waals surface area contributed by atoms with Crippen LogP contribution in [0.15, 0.2) is 0 Å². The highest BCUT2D eigenvalue weighted by molar-refractivity contribution is 6.09. The Kier molecular flexibility index (Phi) is 2.19. The summed E-state index contributed by atoms with van der Waals surface area (Å²) in [6.45, 7) is 5.26. The third-order valence-corrected chi connectivity index (χ3v) is 4.96. The summed E-state index contributed by atoms with van der Waals surface area (Å²) in [6.07, 6.45) is 0.757. The summed E-state index contributed by atoms with van der Waals surface area (Å²) in [5.41, 5.74) is -2.95. The van der Waals surface area contributed by atoms with Gasteiger partial charge in [0.1, 0.15) is 0 Å². The van der Waals surface area contributed by atoms with Gasteiger partial charge in [-0.25, -0.2) is 0 Å². The second kappa shape index (κ2) is 3.09. The first kappa shape index (κ1) is 12.1. The Morgan fingerprint density at radius 2 is 1.76 bits per heavy atom. The molecular formula is C12H16O5. The Morgan fingerprint density at radius 3 is 2.29 bits per heavy atom. The molecule has 2 aliphatic rings. The van der Waals surface area contributed by atoms with E-state index in [9.17, 15) is 14.4 Å². The first-order valence-electron chi connectivity index (χ1n) is 5.59. The van der Waals surface area contributed by atoms with E-state index in [1.165, 1.54) is 7.11 Å². The first-order chi connectivity index (χ1) is 7.74. The Bertz CT molecular complexity index is 425. The smallest absolute Gasteiger partial charge is 0.331 e. The molecule has 1 aliphatic carbocycles. The highest BCUT2D eigenvalue weighted by Gasteiger charge is 2.75. The van der Waals surface area contributed by atoms with Gasteiger partial charge >= 0.3 is 17.9 Å². The van der Waals surface area contributed by atoms with Crippen molar-refractivity contribution in [1.29, 1.82) is 0 Å². The zero-order valence-corrected chi connectivity index (χ0v) is 10.5. The molecule has 1 aliphatic heterocycles. The molecule has 0 amide bonds. The fourth-order valence-corrected chi connectivity index (χ4v) is 3.15. The summed E-state index contributed by atoms with van der Waals surface area (Å²) in [7, 11) is 1.24. The molecule has 0 spiro atoms. The lowest BCUT2D eigenvalue weighted by Crippen LogP contribution is -2.59. The lowest BCUT2D eigenvalue weighted by atomic mass is 9.57. The van der Waals surface area contributed by atoms with Gasteiger partial charge < -0.3 is 9.47 Å². The summed E-state index contributed by atoms with van der Waals surface area (Å²) < 4.78 is 9.51. The first-order valence-corrected chi connectivity index (χ1v) is 5.59. The van der Waals surface area contributed by atoms with E-state index < -0.39 is 34.2 Å². The molecule has 2 rings (SSSR count). The van der Waals surface area contributed by atoms with Crippen molar-refractivity contribution in [2.75, 3.05) is 7.11 Å². The number of ether oxygens (including phenoxy) is 2. The molecule has 0 aromatic heterocycles. The van der Waals surface area contributed by atoms with Crippen LogP contribution in [0.5, 0.6) is 0 Å². The number of hydrogen-bond donors (Lipinski definition) is 0. The molecule has 5 heteroatoms. The summed E-state index contributed by atoms with van der Waals surface area (Å²) in [4.78, 5) is 35.8. The summed E-state index contributed by atoms with van der Waals surface area (Å²) in [5, 5.41) is 0. The predicted octanol–water partition coefficient (Wildman–Crippen LogP) is 1.06. The normalized spacial score (nSPS) is 38.8. The number of fused-ring (bicyclic) bond motifs is 2. The van der Waals surface area contributed by atoms with Gasteiger partial charge in [-0.1, -0.05) is 13.8 Å². The maximum atomic E-state index is 12.0. The molecule has 0 N–H and O–H groups in total. The van der Waals surface area contributed by atoms with E-state index >= 15 is 0 Å². The quantitative estimate of drug-likeness (QED) is 0.506. The number of esters is 3. The molecule has 1 saturated heterocycles. The lowest BCUT2D eigenvalue weighted by Gasteiger charge is -2.47. The van der Waals surface area contributed by atoms with Gasteiger partial charge in [-0.05, 0) is 19.8 Å². The van der Waals surface area contributed by atoms with E-state index in [1.807, 2.05) is 0 Å². The van der Waals surface area contributed by atoms with E-state index in [2.05, 4.69) is 0 Å². The van der Waals surface area contributed by atoms with Gasteiger partial charge in [-0.15, -0.1) is 0 Å². The van der Waals surface area contributed by atoms with Gasteiger partial charge in [0, 0.05) is 5.41 Å². The lowest BCUT2D eigenvalue weighted by molar-refractivity contribution is -0.202. The van der Waals surface area contributed by atoms with Crippen molar-refractivity contribution < 1.29 is 23.9 Å². The van der Waals surface area contributed by atoms with Gasteiger partial charge in [0.25, 0.3) is 0 Å². The van der Waals surface area contributed by atoms with Gasteiger partial charge in [-0.3, -0.25) is 14.4 Å². The summed E-state index contributed by atoms with van der Waals surface area (Å²) in [6, 6.07) is 0. The SMILES string of the molecule is COC(=O)C12CCC(C)(C(=O)OC1=O)C2(C)C. The molecule has 0 aromatic rings. The minimum Gasteiger partial charge on any atom is -0.468 e. The topological polar surface area (TPSA) is 69.7 Å². The molecule has 5 nitrogen and oxygen atoms in total. The zero-order chi connectivity index (χ0) is 13.1. The Labute approximate surface area is 99.5 Å². The fraction of sp³-hybridized carbons (Fsp3) is 0.750. The molecule has 2 fully saturated rings. The van der Waals surface area contributed by atoms with Crippen molar-refractivity contribution in [1.82, 2.24) is 0 Å². The molecule has 17 heavy (non-hydrogen) atoms. The van der Waals surface area contributed by atoms with Crippen LogP contribution in [0.25, 0.3) is 0 Å². The predicted molar refractivity (Wildman–Crippen MR) is 56.7 cm³/mol. The van der Waals surface area contributed by atoms with Crippen LogP contribution in [0.3, 0.4) is 0 Å². The van der Waals surface area contributed by atoms with Crippen LogP contribution in [-0.2, 0) is 23.9 Å². The number of methoxy groups -OCH3 is 1. The molecule has 1 saturated carbocycles.